The molecule has 1 unspecified atom stereocenters. The lowest BCUT2D eigenvalue weighted by Crippen LogP contribution is -2.16. The number of hydrogen-bond acceptors (Lipinski definition) is 5. The number of hydrogen-bond donors (Lipinski definition) is 2. The number of thiazole rings is 1. The summed E-state index contributed by atoms with van der Waals surface area (Å²) in [7, 11) is 0. The second-order valence-corrected chi connectivity index (χ2v) is 5.61. The predicted molar refractivity (Wildman–Crippen MR) is 76.3 cm³/mol. The minimum absolute atomic E-state index is 0.182. The van der Waals surface area contributed by atoms with Crippen LogP contribution in [0.1, 0.15) is 11.9 Å². The monoisotopic (exact) mass is 268 g/mol. The van der Waals surface area contributed by atoms with E-state index in [1.807, 2.05) is 25.1 Å². The van der Waals surface area contributed by atoms with Crippen molar-refractivity contribution in [3.63, 3.8) is 0 Å². The van der Waals surface area contributed by atoms with E-state index in [1.165, 1.54) is 0 Å². The molecule has 0 radical (unpaired) electrons. The van der Waals surface area contributed by atoms with Crippen LogP contribution in [0, 0.1) is 0 Å². The number of benzene rings is 1. The van der Waals surface area contributed by atoms with Gasteiger partial charge in [-0.05, 0) is 25.1 Å². The topological polar surface area (TPSA) is 48.1 Å². The molecule has 1 aromatic heterocycles. The van der Waals surface area contributed by atoms with Crippen molar-refractivity contribution in [1.82, 2.24) is 4.98 Å². The van der Waals surface area contributed by atoms with Crippen molar-refractivity contribution in [2.45, 2.75) is 18.6 Å². The summed E-state index contributed by atoms with van der Waals surface area (Å²) in [6, 6.07) is 5.99. The van der Waals surface area contributed by atoms with Gasteiger partial charge in [0, 0.05) is 18.2 Å². The van der Waals surface area contributed by atoms with Gasteiger partial charge >= 0.3 is 0 Å². The Morgan fingerprint density at radius 1 is 1.53 bits per heavy atom. The van der Waals surface area contributed by atoms with Gasteiger partial charge < -0.3 is 10.5 Å². The minimum Gasteiger partial charge on any atom is -0.494 e. The van der Waals surface area contributed by atoms with Gasteiger partial charge in [0.05, 0.1) is 21.8 Å². The normalized spacial score (nSPS) is 12.9. The Morgan fingerprint density at radius 2 is 2.35 bits per heavy atom. The maximum atomic E-state index is 5.56. The average Bonchev–Trinajstić information content (AvgIpc) is 2.70. The lowest BCUT2D eigenvalue weighted by Gasteiger charge is -2.02. The van der Waals surface area contributed by atoms with E-state index >= 15 is 0 Å². The maximum absolute atomic E-state index is 5.56. The molecule has 0 fully saturated rings. The van der Waals surface area contributed by atoms with Crippen LogP contribution in [0.5, 0.6) is 5.75 Å². The molecule has 2 N–H and O–H groups in total. The third-order valence-corrected chi connectivity index (χ3v) is 3.83. The Labute approximate surface area is 110 Å². The van der Waals surface area contributed by atoms with Gasteiger partial charge in [-0.1, -0.05) is 0 Å². The zero-order valence-electron chi connectivity index (χ0n) is 9.72. The first kappa shape index (κ1) is 12.7. The highest BCUT2D eigenvalue weighted by molar-refractivity contribution is 7.81. The first-order valence-corrected chi connectivity index (χ1v) is 6.96. The van der Waals surface area contributed by atoms with Crippen LogP contribution in [-0.2, 0) is 6.42 Å². The number of rotatable bonds is 5. The summed E-state index contributed by atoms with van der Waals surface area (Å²) < 4.78 is 6.63. The number of thiol groups is 1. The van der Waals surface area contributed by atoms with Crippen LogP contribution < -0.4 is 10.5 Å². The smallest absolute Gasteiger partial charge is 0.120 e. The Hall–Kier alpha value is -0.780. The van der Waals surface area contributed by atoms with E-state index in [2.05, 4.69) is 17.6 Å². The molecule has 1 heterocycles. The van der Waals surface area contributed by atoms with E-state index in [0.29, 0.717) is 13.2 Å². The van der Waals surface area contributed by atoms with Gasteiger partial charge in [-0.15, -0.1) is 11.3 Å². The molecule has 2 aromatic rings. The van der Waals surface area contributed by atoms with Crippen molar-refractivity contribution in [1.29, 1.82) is 0 Å². The maximum Gasteiger partial charge on any atom is 0.120 e. The average molecular weight is 268 g/mol. The van der Waals surface area contributed by atoms with Crippen molar-refractivity contribution in [3.05, 3.63) is 23.2 Å². The molecule has 0 saturated heterocycles. The highest BCUT2D eigenvalue weighted by Gasteiger charge is 2.08. The van der Waals surface area contributed by atoms with Crippen molar-refractivity contribution < 1.29 is 4.74 Å². The van der Waals surface area contributed by atoms with Crippen LogP contribution in [0.3, 0.4) is 0 Å². The number of nitrogens with two attached hydrogens (primary N) is 1. The quantitative estimate of drug-likeness (QED) is 0.819. The number of aromatic nitrogens is 1. The number of nitrogens with zero attached hydrogens (tertiary/aromatic N) is 1. The summed E-state index contributed by atoms with van der Waals surface area (Å²) in [5.41, 5.74) is 6.58. The standard InChI is InChI=1S/C12H16N2OS2/c1-2-15-8-3-4-10-11(5-8)17-12(14-10)6-9(16)7-13/h3-5,9,16H,2,6-7,13H2,1H3. The van der Waals surface area contributed by atoms with E-state index in [-0.39, 0.29) is 5.25 Å². The molecule has 0 saturated carbocycles. The summed E-state index contributed by atoms with van der Waals surface area (Å²) >= 11 is 6.08. The fraction of sp³-hybridized carbons (Fsp3) is 0.417. The predicted octanol–water partition coefficient (Wildman–Crippen LogP) is 2.49. The lowest BCUT2D eigenvalue weighted by atomic mass is 10.3. The summed E-state index contributed by atoms with van der Waals surface area (Å²) in [4.78, 5) is 4.56. The van der Waals surface area contributed by atoms with Crippen molar-refractivity contribution in [3.8, 4) is 5.75 Å². The third kappa shape index (κ3) is 3.12. The highest BCUT2D eigenvalue weighted by atomic mass is 32.1. The van der Waals surface area contributed by atoms with Crippen molar-refractivity contribution in [2.24, 2.45) is 5.73 Å². The molecule has 92 valence electrons. The third-order valence-electron chi connectivity index (χ3n) is 2.40. The Kier molecular flexibility index (Phi) is 4.25. The zero-order valence-corrected chi connectivity index (χ0v) is 11.4. The Morgan fingerprint density at radius 3 is 3.06 bits per heavy atom. The number of ether oxygens (including phenoxy) is 1. The largest absolute Gasteiger partial charge is 0.494 e. The van der Waals surface area contributed by atoms with Gasteiger partial charge in [0.15, 0.2) is 0 Å². The molecule has 0 aliphatic heterocycles. The summed E-state index contributed by atoms with van der Waals surface area (Å²) in [6.07, 6.45) is 0.822. The van der Waals surface area contributed by atoms with Crippen LogP contribution in [0.2, 0.25) is 0 Å². The van der Waals surface area contributed by atoms with Gasteiger partial charge in [-0.25, -0.2) is 4.98 Å². The molecule has 3 nitrogen and oxygen atoms in total. The second kappa shape index (κ2) is 5.71. The fourth-order valence-corrected chi connectivity index (χ4v) is 2.95. The van der Waals surface area contributed by atoms with Gasteiger partial charge in [0.1, 0.15) is 5.75 Å². The fourth-order valence-electron chi connectivity index (χ4n) is 1.58. The molecule has 0 bridgehead atoms. The molecule has 0 aliphatic carbocycles. The molecule has 1 aromatic carbocycles. The highest BCUT2D eigenvalue weighted by Crippen LogP contribution is 2.27. The van der Waals surface area contributed by atoms with Crippen LogP contribution in [0.4, 0.5) is 0 Å². The molecule has 0 aliphatic rings. The van der Waals surface area contributed by atoms with Crippen LogP contribution >= 0.6 is 24.0 Å². The van der Waals surface area contributed by atoms with Crippen LogP contribution in [-0.4, -0.2) is 23.4 Å². The van der Waals surface area contributed by atoms with Gasteiger partial charge in [0.2, 0.25) is 0 Å². The van der Waals surface area contributed by atoms with Gasteiger partial charge in [-0.3, -0.25) is 0 Å². The molecule has 0 amide bonds. The van der Waals surface area contributed by atoms with Crippen molar-refractivity contribution >= 4 is 34.2 Å². The summed E-state index contributed by atoms with van der Waals surface area (Å²) in [6.45, 7) is 3.24. The van der Waals surface area contributed by atoms with E-state index < -0.39 is 0 Å². The summed E-state index contributed by atoms with van der Waals surface area (Å²) in [5, 5.41) is 1.26. The van der Waals surface area contributed by atoms with Gasteiger partial charge in [0.25, 0.3) is 0 Å². The first-order valence-electron chi connectivity index (χ1n) is 5.63. The first-order chi connectivity index (χ1) is 8.22. The molecule has 0 spiro atoms. The Balaban J connectivity index is 2.24. The summed E-state index contributed by atoms with van der Waals surface area (Å²) in [5.74, 6) is 0.899. The molecular weight excluding hydrogens is 252 g/mol. The molecule has 1 atom stereocenters. The lowest BCUT2D eigenvalue weighted by molar-refractivity contribution is 0.341. The van der Waals surface area contributed by atoms with E-state index in [4.69, 9.17) is 10.5 Å². The van der Waals surface area contributed by atoms with E-state index in [1.54, 1.807) is 11.3 Å². The molecular formula is C12H16N2OS2. The SMILES string of the molecule is CCOc1ccc2nc(CC(S)CN)sc2c1. The molecule has 5 heteroatoms. The molecule has 17 heavy (non-hydrogen) atoms. The minimum atomic E-state index is 0.182. The van der Waals surface area contributed by atoms with Gasteiger partial charge in [-0.2, -0.15) is 12.6 Å². The van der Waals surface area contributed by atoms with Crippen LogP contribution in [0.15, 0.2) is 18.2 Å². The Bertz CT molecular complexity index is 498. The number of fused-ring (bicyclic) bond motifs is 1. The van der Waals surface area contributed by atoms with Crippen LogP contribution in [0.25, 0.3) is 10.2 Å². The van der Waals surface area contributed by atoms with E-state index in [9.17, 15) is 0 Å². The van der Waals surface area contributed by atoms with Crippen molar-refractivity contribution in [2.75, 3.05) is 13.2 Å². The molecule has 2 rings (SSSR count). The second-order valence-electron chi connectivity index (χ2n) is 3.76. The zero-order chi connectivity index (χ0) is 12.3. The van der Waals surface area contributed by atoms with E-state index in [0.717, 1.165) is 27.4 Å².